The standard InChI is InChI=1S/C17H11F3N2O2S/c18-17(19,20)12(11-5-2-1-3-6-11)9-15(23)22-16-21-13(10-25-16)14-7-4-8-24-14/h1-10H,(H,21,22,23)/b12-9+. The molecule has 0 saturated heterocycles. The fraction of sp³-hybridized carbons (Fsp3) is 0.0588. The highest BCUT2D eigenvalue weighted by Crippen LogP contribution is 2.34. The predicted molar refractivity (Wildman–Crippen MR) is 88.9 cm³/mol. The third kappa shape index (κ3) is 4.16. The monoisotopic (exact) mass is 364 g/mol. The molecule has 0 aliphatic carbocycles. The summed E-state index contributed by atoms with van der Waals surface area (Å²) in [7, 11) is 0. The van der Waals surface area contributed by atoms with Gasteiger partial charge in [0, 0.05) is 11.5 Å². The zero-order valence-electron chi connectivity index (χ0n) is 12.6. The molecule has 8 heteroatoms. The highest BCUT2D eigenvalue weighted by atomic mass is 32.1. The number of benzene rings is 1. The molecule has 0 fully saturated rings. The van der Waals surface area contributed by atoms with Crippen molar-refractivity contribution < 1.29 is 22.4 Å². The van der Waals surface area contributed by atoms with Crippen LogP contribution in [-0.4, -0.2) is 17.1 Å². The van der Waals surface area contributed by atoms with Crippen molar-refractivity contribution in [2.24, 2.45) is 0 Å². The van der Waals surface area contributed by atoms with Crippen molar-refractivity contribution in [3.05, 3.63) is 65.7 Å². The Bertz CT molecular complexity index is 884. The first kappa shape index (κ1) is 17.0. The number of allylic oxidation sites excluding steroid dienone is 1. The molecule has 1 amide bonds. The maximum absolute atomic E-state index is 13.2. The molecule has 3 rings (SSSR count). The van der Waals surface area contributed by atoms with Gasteiger partial charge in [0.1, 0.15) is 5.69 Å². The van der Waals surface area contributed by atoms with Gasteiger partial charge in [0.25, 0.3) is 5.91 Å². The Morgan fingerprint density at radius 2 is 1.92 bits per heavy atom. The van der Waals surface area contributed by atoms with Gasteiger partial charge < -0.3 is 4.42 Å². The third-order valence-electron chi connectivity index (χ3n) is 3.17. The molecule has 0 atom stereocenters. The van der Waals surface area contributed by atoms with Gasteiger partial charge in [-0.25, -0.2) is 4.98 Å². The molecule has 0 aliphatic heterocycles. The molecular weight excluding hydrogens is 353 g/mol. The van der Waals surface area contributed by atoms with Crippen molar-refractivity contribution in [2.75, 3.05) is 5.32 Å². The predicted octanol–water partition coefficient (Wildman–Crippen LogP) is 4.99. The van der Waals surface area contributed by atoms with E-state index in [9.17, 15) is 18.0 Å². The summed E-state index contributed by atoms with van der Waals surface area (Å²) in [5, 5.41) is 4.17. The van der Waals surface area contributed by atoms with Gasteiger partial charge in [0.15, 0.2) is 10.9 Å². The molecule has 128 valence electrons. The van der Waals surface area contributed by atoms with Crippen molar-refractivity contribution in [2.45, 2.75) is 6.18 Å². The molecule has 0 spiro atoms. The van der Waals surface area contributed by atoms with Crippen LogP contribution in [0.2, 0.25) is 0 Å². The van der Waals surface area contributed by atoms with E-state index in [1.165, 1.54) is 30.5 Å². The lowest BCUT2D eigenvalue weighted by atomic mass is 10.1. The molecule has 0 bridgehead atoms. The highest BCUT2D eigenvalue weighted by molar-refractivity contribution is 7.14. The number of nitrogens with zero attached hydrogens (tertiary/aromatic N) is 1. The van der Waals surface area contributed by atoms with Gasteiger partial charge in [-0.05, 0) is 17.7 Å². The quantitative estimate of drug-likeness (QED) is 0.664. The molecule has 1 aromatic carbocycles. The smallest absolute Gasteiger partial charge is 0.417 e. The molecule has 0 radical (unpaired) electrons. The molecule has 1 N–H and O–H groups in total. The molecule has 25 heavy (non-hydrogen) atoms. The summed E-state index contributed by atoms with van der Waals surface area (Å²) in [6.07, 6.45) is -2.64. The first-order valence-electron chi connectivity index (χ1n) is 7.08. The van der Waals surface area contributed by atoms with Gasteiger partial charge >= 0.3 is 6.18 Å². The SMILES string of the molecule is O=C(/C=C(\c1ccccc1)C(F)(F)F)Nc1nc(-c2ccco2)cs1. The van der Waals surface area contributed by atoms with E-state index in [2.05, 4.69) is 10.3 Å². The summed E-state index contributed by atoms with van der Waals surface area (Å²) in [6, 6.07) is 10.5. The van der Waals surface area contributed by atoms with E-state index < -0.39 is 17.7 Å². The van der Waals surface area contributed by atoms with E-state index in [0.717, 1.165) is 11.3 Å². The molecular formula is C17H11F3N2O2S. The van der Waals surface area contributed by atoms with Crippen molar-refractivity contribution in [3.8, 4) is 11.5 Å². The minimum Gasteiger partial charge on any atom is -0.463 e. The lowest BCUT2D eigenvalue weighted by molar-refractivity contribution is -0.112. The van der Waals surface area contributed by atoms with Crippen LogP contribution < -0.4 is 5.32 Å². The van der Waals surface area contributed by atoms with Crippen LogP contribution in [0.1, 0.15) is 5.56 Å². The summed E-state index contributed by atoms with van der Waals surface area (Å²) >= 11 is 1.09. The van der Waals surface area contributed by atoms with Gasteiger partial charge in [-0.3, -0.25) is 10.1 Å². The van der Waals surface area contributed by atoms with Gasteiger partial charge in [-0.1, -0.05) is 30.3 Å². The Morgan fingerprint density at radius 1 is 1.16 bits per heavy atom. The second-order valence-electron chi connectivity index (χ2n) is 4.93. The van der Waals surface area contributed by atoms with E-state index in [4.69, 9.17) is 4.42 Å². The van der Waals surface area contributed by atoms with Gasteiger partial charge in [-0.15, -0.1) is 11.3 Å². The molecule has 3 aromatic rings. The van der Waals surface area contributed by atoms with Gasteiger partial charge in [-0.2, -0.15) is 13.2 Å². The number of aromatic nitrogens is 1. The normalized spacial score (nSPS) is 12.2. The van der Waals surface area contributed by atoms with Crippen molar-refractivity contribution in [3.63, 3.8) is 0 Å². The van der Waals surface area contributed by atoms with E-state index in [-0.39, 0.29) is 10.7 Å². The van der Waals surface area contributed by atoms with Crippen LogP contribution in [0.3, 0.4) is 0 Å². The van der Waals surface area contributed by atoms with Crippen LogP contribution in [-0.2, 0) is 4.79 Å². The first-order valence-corrected chi connectivity index (χ1v) is 7.96. The Labute approximate surface area is 144 Å². The highest BCUT2D eigenvalue weighted by Gasteiger charge is 2.35. The summed E-state index contributed by atoms with van der Waals surface area (Å²) in [5.41, 5.74) is -0.609. The maximum Gasteiger partial charge on any atom is 0.417 e. The number of hydrogen-bond donors (Lipinski definition) is 1. The number of hydrogen-bond acceptors (Lipinski definition) is 4. The number of nitrogens with one attached hydrogen (secondary N) is 1. The Balaban J connectivity index is 1.81. The van der Waals surface area contributed by atoms with E-state index in [1.54, 1.807) is 23.6 Å². The molecule has 2 aromatic heterocycles. The second-order valence-corrected chi connectivity index (χ2v) is 5.78. The zero-order valence-corrected chi connectivity index (χ0v) is 13.4. The van der Waals surface area contributed by atoms with Crippen LogP contribution >= 0.6 is 11.3 Å². The van der Waals surface area contributed by atoms with Crippen LogP contribution in [0.15, 0.2) is 64.6 Å². The number of carbonyl (C=O) groups is 1. The number of carbonyl (C=O) groups excluding carboxylic acids is 1. The fourth-order valence-electron chi connectivity index (χ4n) is 2.09. The van der Waals surface area contributed by atoms with E-state index in [0.29, 0.717) is 17.5 Å². The van der Waals surface area contributed by atoms with Crippen LogP contribution in [0.25, 0.3) is 17.0 Å². The van der Waals surface area contributed by atoms with Gasteiger partial charge in [0.2, 0.25) is 0 Å². The minimum absolute atomic E-state index is 0.0828. The topological polar surface area (TPSA) is 55.1 Å². The third-order valence-corrected chi connectivity index (χ3v) is 3.93. The first-order chi connectivity index (χ1) is 11.9. The molecule has 2 heterocycles. The van der Waals surface area contributed by atoms with Crippen LogP contribution in [0.5, 0.6) is 0 Å². The van der Waals surface area contributed by atoms with Crippen LogP contribution in [0, 0.1) is 0 Å². The lowest BCUT2D eigenvalue weighted by Crippen LogP contribution is -2.16. The Hall–Kier alpha value is -2.87. The number of alkyl halides is 3. The summed E-state index contributed by atoms with van der Waals surface area (Å²) in [5.74, 6) is -0.399. The van der Waals surface area contributed by atoms with E-state index >= 15 is 0 Å². The molecule has 0 unspecified atom stereocenters. The average Bonchev–Trinajstić information content (AvgIpc) is 3.23. The Morgan fingerprint density at radius 3 is 2.56 bits per heavy atom. The average molecular weight is 364 g/mol. The number of furan rings is 1. The fourth-order valence-corrected chi connectivity index (χ4v) is 2.79. The second kappa shape index (κ2) is 6.94. The Kier molecular flexibility index (Phi) is 4.71. The van der Waals surface area contributed by atoms with Gasteiger partial charge in [0.05, 0.1) is 11.8 Å². The number of anilines is 1. The van der Waals surface area contributed by atoms with Crippen LogP contribution in [0.4, 0.5) is 18.3 Å². The maximum atomic E-state index is 13.2. The number of halogens is 3. The molecule has 0 saturated carbocycles. The summed E-state index contributed by atoms with van der Waals surface area (Å²) in [4.78, 5) is 16.1. The number of amides is 1. The molecule has 4 nitrogen and oxygen atoms in total. The minimum atomic E-state index is -4.65. The number of thiazole rings is 1. The van der Waals surface area contributed by atoms with Crippen molar-refractivity contribution >= 4 is 27.9 Å². The van der Waals surface area contributed by atoms with Crippen molar-refractivity contribution in [1.82, 2.24) is 4.98 Å². The number of rotatable bonds is 4. The largest absolute Gasteiger partial charge is 0.463 e. The van der Waals surface area contributed by atoms with Crippen molar-refractivity contribution in [1.29, 1.82) is 0 Å². The zero-order chi connectivity index (χ0) is 17.9. The molecule has 0 aliphatic rings. The lowest BCUT2D eigenvalue weighted by Gasteiger charge is -2.11. The summed E-state index contributed by atoms with van der Waals surface area (Å²) < 4.78 is 44.8. The summed E-state index contributed by atoms with van der Waals surface area (Å²) in [6.45, 7) is 0. The van der Waals surface area contributed by atoms with E-state index in [1.807, 2.05) is 0 Å².